The van der Waals surface area contributed by atoms with E-state index in [1.54, 1.807) is 24.3 Å². The first-order chi connectivity index (χ1) is 9.99. The van der Waals surface area contributed by atoms with Gasteiger partial charge in [0.15, 0.2) is 17.5 Å². The van der Waals surface area contributed by atoms with Gasteiger partial charge in [-0.25, -0.2) is 13.2 Å². The summed E-state index contributed by atoms with van der Waals surface area (Å²) in [6.45, 7) is 0.103. The number of anilines is 1. The zero-order chi connectivity index (χ0) is 15.4. The van der Waals surface area contributed by atoms with Crippen molar-refractivity contribution in [3.05, 3.63) is 65.0 Å². The van der Waals surface area contributed by atoms with Gasteiger partial charge in [0.1, 0.15) is 0 Å². The number of aliphatic carboxylic acids is 1. The molecule has 0 aliphatic rings. The predicted molar refractivity (Wildman–Crippen MR) is 71.4 cm³/mol. The van der Waals surface area contributed by atoms with Gasteiger partial charge in [0, 0.05) is 6.54 Å². The first kappa shape index (κ1) is 14.9. The van der Waals surface area contributed by atoms with Crippen molar-refractivity contribution in [1.82, 2.24) is 0 Å². The lowest BCUT2D eigenvalue weighted by Crippen LogP contribution is -2.08. The van der Waals surface area contributed by atoms with Gasteiger partial charge < -0.3 is 10.4 Å². The van der Waals surface area contributed by atoms with Gasteiger partial charge in [0.25, 0.3) is 0 Å². The first-order valence-corrected chi connectivity index (χ1v) is 6.15. The molecule has 0 bridgehead atoms. The molecule has 2 aromatic rings. The number of carboxylic acid groups (broad SMARTS) is 1. The number of carboxylic acids is 1. The Labute approximate surface area is 119 Å². The van der Waals surface area contributed by atoms with Crippen molar-refractivity contribution in [1.29, 1.82) is 0 Å². The summed E-state index contributed by atoms with van der Waals surface area (Å²) in [4.78, 5) is 10.8. The van der Waals surface area contributed by atoms with Crippen molar-refractivity contribution in [2.24, 2.45) is 0 Å². The van der Waals surface area contributed by atoms with Gasteiger partial charge in [-0.3, -0.25) is 4.79 Å². The van der Waals surface area contributed by atoms with Crippen LogP contribution >= 0.6 is 0 Å². The molecule has 0 heterocycles. The Hall–Kier alpha value is -2.50. The van der Waals surface area contributed by atoms with Crippen molar-refractivity contribution < 1.29 is 23.1 Å². The fourth-order valence-electron chi connectivity index (χ4n) is 1.92. The molecule has 2 N–H and O–H groups in total. The van der Waals surface area contributed by atoms with Crippen LogP contribution < -0.4 is 5.32 Å². The summed E-state index contributed by atoms with van der Waals surface area (Å²) < 4.78 is 39.4. The van der Waals surface area contributed by atoms with Crippen molar-refractivity contribution in [3.8, 4) is 0 Å². The summed E-state index contributed by atoms with van der Waals surface area (Å²) in [7, 11) is 0. The highest BCUT2D eigenvalue weighted by atomic mass is 19.2. The minimum absolute atomic E-state index is 0.103. The topological polar surface area (TPSA) is 49.3 Å². The SMILES string of the molecule is O=C(O)Cc1ccccc1CNc1ccc(F)c(F)c1F. The fourth-order valence-corrected chi connectivity index (χ4v) is 1.92. The van der Waals surface area contributed by atoms with Crippen molar-refractivity contribution >= 4 is 11.7 Å². The van der Waals surface area contributed by atoms with Crippen LogP contribution in [0.2, 0.25) is 0 Å². The molecule has 2 rings (SSSR count). The van der Waals surface area contributed by atoms with Crippen LogP contribution in [0.3, 0.4) is 0 Å². The molecule has 0 amide bonds. The molecule has 0 saturated carbocycles. The summed E-state index contributed by atoms with van der Waals surface area (Å²) in [5.41, 5.74) is 1.03. The lowest BCUT2D eigenvalue weighted by Gasteiger charge is -2.11. The van der Waals surface area contributed by atoms with Crippen LogP contribution in [0.1, 0.15) is 11.1 Å². The molecule has 0 aliphatic heterocycles. The first-order valence-electron chi connectivity index (χ1n) is 6.15. The van der Waals surface area contributed by atoms with Crippen LogP contribution in [-0.4, -0.2) is 11.1 Å². The van der Waals surface area contributed by atoms with E-state index in [2.05, 4.69) is 5.32 Å². The van der Waals surface area contributed by atoms with E-state index in [4.69, 9.17) is 5.11 Å². The number of rotatable bonds is 5. The average molecular weight is 295 g/mol. The Morgan fingerprint density at radius 1 is 1.00 bits per heavy atom. The molecule has 0 atom stereocenters. The lowest BCUT2D eigenvalue weighted by atomic mass is 10.0. The van der Waals surface area contributed by atoms with Gasteiger partial charge in [-0.05, 0) is 23.3 Å². The van der Waals surface area contributed by atoms with Crippen LogP contribution in [0.15, 0.2) is 36.4 Å². The number of carbonyl (C=O) groups is 1. The maximum Gasteiger partial charge on any atom is 0.307 e. The van der Waals surface area contributed by atoms with E-state index in [-0.39, 0.29) is 18.7 Å². The Morgan fingerprint density at radius 2 is 1.67 bits per heavy atom. The molecular weight excluding hydrogens is 283 g/mol. The summed E-state index contributed by atoms with van der Waals surface area (Å²) in [5.74, 6) is -5.09. The lowest BCUT2D eigenvalue weighted by molar-refractivity contribution is -0.136. The molecule has 3 nitrogen and oxygen atoms in total. The summed E-state index contributed by atoms with van der Waals surface area (Å²) in [6, 6.07) is 8.65. The molecule has 21 heavy (non-hydrogen) atoms. The minimum atomic E-state index is -1.54. The summed E-state index contributed by atoms with van der Waals surface area (Å²) >= 11 is 0. The summed E-state index contributed by atoms with van der Waals surface area (Å²) in [6.07, 6.45) is -0.169. The molecule has 0 unspecified atom stereocenters. The van der Waals surface area contributed by atoms with Crippen LogP contribution in [0.4, 0.5) is 18.9 Å². The van der Waals surface area contributed by atoms with Crippen LogP contribution in [0, 0.1) is 17.5 Å². The van der Waals surface area contributed by atoms with Gasteiger partial charge in [0.2, 0.25) is 0 Å². The molecular formula is C15H12F3NO2. The zero-order valence-corrected chi connectivity index (χ0v) is 10.9. The van der Waals surface area contributed by atoms with E-state index >= 15 is 0 Å². The van der Waals surface area contributed by atoms with Crippen molar-refractivity contribution in [3.63, 3.8) is 0 Å². The second-order valence-corrected chi connectivity index (χ2v) is 4.42. The van der Waals surface area contributed by atoms with Gasteiger partial charge in [-0.2, -0.15) is 0 Å². The number of nitrogens with one attached hydrogen (secondary N) is 1. The standard InChI is InChI=1S/C15H12F3NO2/c16-11-5-6-12(15(18)14(11)17)19-8-10-4-2-1-3-9(10)7-13(20)21/h1-6,19H,7-8H2,(H,20,21). The highest BCUT2D eigenvalue weighted by Gasteiger charge is 2.13. The number of hydrogen-bond donors (Lipinski definition) is 2. The van der Waals surface area contributed by atoms with E-state index in [1.165, 1.54) is 0 Å². The number of hydrogen-bond acceptors (Lipinski definition) is 2. The third-order valence-electron chi connectivity index (χ3n) is 2.96. The van der Waals surface area contributed by atoms with E-state index in [0.29, 0.717) is 11.1 Å². The van der Waals surface area contributed by atoms with Crippen LogP contribution in [0.5, 0.6) is 0 Å². The molecule has 0 fully saturated rings. The summed E-state index contributed by atoms with van der Waals surface area (Å²) in [5, 5.41) is 11.5. The molecule has 0 aliphatic carbocycles. The largest absolute Gasteiger partial charge is 0.481 e. The maximum absolute atomic E-state index is 13.5. The highest BCUT2D eigenvalue weighted by Crippen LogP contribution is 2.21. The van der Waals surface area contributed by atoms with E-state index < -0.39 is 23.4 Å². The fraction of sp³-hybridized carbons (Fsp3) is 0.133. The number of benzene rings is 2. The third kappa shape index (κ3) is 3.53. The number of halogens is 3. The Bertz CT molecular complexity index is 674. The van der Waals surface area contributed by atoms with E-state index in [1.807, 2.05) is 0 Å². The molecule has 0 aromatic heterocycles. The monoisotopic (exact) mass is 295 g/mol. The normalized spacial score (nSPS) is 10.4. The van der Waals surface area contributed by atoms with Crippen LogP contribution in [-0.2, 0) is 17.8 Å². The quantitative estimate of drug-likeness (QED) is 0.832. The van der Waals surface area contributed by atoms with Crippen molar-refractivity contribution in [2.45, 2.75) is 13.0 Å². The highest BCUT2D eigenvalue weighted by molar-refractivity contribution is 5.70. The smallest absolute Gasteiger partial charge is 0.307 e. The second-order valence-electron chi connectivity index (χ2n) is 4.42. The van der Waals surface area contributed by atoms with Crippen molar-refractivity contribution in [2.75, 3.05) is 5.32 Å². The second kappa shape index (κ2) is 6.30. The molecule has 2 aromatic carbocycles. The predicted octanol–water partition coefficient (Wildman–Crippen LogP) is 3.34. The Morgan fingerprint density at radius 3 is 2.33 bits per heavy atom. The molecule has 0 radical (unpaired) electrons. The van der Waals surface area contributed by atoms with E-state index in [0.717, 1.165) is 12.1 Å². The van der Waals surface area contributed by atoms with Gasteiger partial charge in [0.05, 0.1) is 12.1 Å². The van der Waals surface area contributed by atoms with Crippen LogP contribution in [0.25, 0.3) is 0 Å². The molecule has 110 valence electrons. The van der Waals surface area contributed by atoms with Gasteiger partial charge >= 0.3 is 5.97 Å². The molecule has 0 spiro atoms. The zero-order valence-electron chi connectivity index (χ0n) is 10.9. The Kier molecular flexibility index (Phi) is 4.47. The Balaban J connectivity index is 2.17. The van der Waals surface area contributed by atoms with Gasteiger partial charge in [-0.15, -0.1) is 0 Å². The van der Waals surface area contributed by atoms with Gasteiger partial charge in [-0.1, -0.05) is 24.3 Å². The average Bonchev–Trinajstić information content (AvgIpc) is 2.45. The maximum atomic E-state index is 13.5. The third-order valence-corrected chi connectivity index (χ3v) is 2.96. The van der Waals surface area contributed by atoms with E-state index in [9.17, 15) is 18.0 Å². The molecule has 0 saturated heterocycles. The molecule has 6 heteroatoms. The minimum Gasteiger partial charge on any atom is -0.481 e.